The Morgan fingerprint density at radius 2 is 1.44 bits per heavy atom. The van der Waals surface area contributed by atoms with E-state index in [4.69, 9.17) is 0 Å². The molecule has 0 heterocycles. The SMILES string of the molecule is CC(N[C@H](C)c1ccccc1)c1ccccc1Br. The zero-order valence-corrected chi connectivity index (χ0v) is 12.3. The van der Waals surface area contributed by atoms with Gasteiger partial charge in [0.25, 0.3) is 0 Å². The molecular formula is C16H18BrN. The van der Waals surface area contributed by atoms with Crippen molar-refractivity contribution in [2.24, 2.45) is 0 Å². The zero-order chi connectivity index (χ0) is 13.0. The first-order chi connectivity index (χ1) is 8.68. The molecule has 0 bridgehead atoms. The van der Waals surface area contributed by atoms with E-state index in [2.05, 4.69) is 77.6 Å². The summed E-state index contributed by atoms with van der Waals surface area (Å²) in [4.78, 5) is 0. The zero-order valence-electron chi connectivity index (χ0n) is 10.7. The molecule has 0 spiro atoms. The van der Waals surface area contributed by atoms with Gasteiger partial charge in [-0.25, -0.2) is 0 Å². The van der Waals surface area contributed by atoms with E-state index in [0.717, 1.165) is 4.47 Å². The lowest BCUT2D eigenvalue weighted by Crippen LogP contribution is -2.22. The number of halogens is 1. The lowest BCUT2D eigenvalue weighted by molar-refractivity contribution is 0.493. The molecule has 1 nitrogen and oxygen atoms in total. The molecule has 18 heavy (non-hydrogen) atoms. The van der Waals surface area contributed by atoms with Crippen molar-refractivity contribution in [3.63, 3.8) is 0 Å². The van der Waals surface area contributed by atoms with Crippen LogP contribution >= 0.6 is 15.9 Å². The molecule has 1 unspecified atom stereocenters. The average molecular weight is 304 g/mol. The van der Waals surface area contributed by atoms with Crippen molar-refractivity contribution in [3.8, 4) is 0 Å². The second kappa shape index (κ2) is 6.17. The van der Waals surface area contributed by atoms with E-state index >= 15 is 0 Å². The van der Waals surface area contributed by atoms with Gasteiger partial charge in [-0.1, -0.05) is 64.5 Å². The van der Waals surface area contributed by atoms with Crippen molar-refractivity contribution >= 4 is 15.9 Å². The van der Waals surface area contributed by atoms with Gasteiger partial charge in [-0.3, -0.25) is 0 Å². The van der Waals surface area contributed by atoms with E-state index in [1.807, 2.05) is 12.1 Å². The van der Waals surface area contributed by atoms with Crippen LogP contribution in [0.5, 0.6) is 0 Å². The minimum atomic E-state index is 0.316. The summed E-state index contributed by atoms with van der Waals surface area (Å²) in [7, 11) is 0. The predicted molar refractivity (Wildman–Crippen MR) is 80.5 cm³/mol. The highest BCUT2D eigenvalue weighted by molar-refractivity contribution is 9.10. The monoisotopic (exact) mass is 303 g/mol. The minimum Gasteiger partial charge on any atom is -0.304 e. The molecule has 2 heteroatoms. The van der Waals surface area contributed by atoms with Crippen LogP contribution in [0.1, 0.15) is 37.1 Å². The third kappa shape index (κ3) is 3.21. The Kier molecular flexibility index (Phi) is 4.56. The summed E-state index contributed by atoms with van der Waals surface area (Å²) < 4.78 is 1.16. The maximum Gasteiger partial charge on any atom is 0.0308 e. The van der Waals surface area contributed by atoms with E-state index in [-0.39, 0.29) is 0 Å². The number of hydrogen-bond acceptors (Lipinski definition) is 1. The standard InChI is InChI=1S/C16H18BrN/c1-12(14-8-4-3-5-9-14)18-13(2)15-10-6-7-11-16(15)17/h3-13,18H,1-2H3/t12-,13?/m1/s1. The molecule has 0 saturated heterocycles. The van der Waals surface area contributed by atoms with E-state index in [1.165, 1.54) is 11.1 Å². The van der Waals surface area contributed by atoms with Gasteiger partial charge >= 0.3 is 0 Å². The van der Waals surface area contributed by atoms with Gasteiger partial charge in [0, 0.05) is 16.6 Å². The van der Waals surface area contributed by atoms with Gasteiger partial charge in [0.2, 0.25) is 0 Å². The molecular weight excluding hydrogens is 286 g/mol. The maximum absolute atomic E-state index is 3.62. The fraction of sp³-hybridized carbons (Fsp3) is 0.250. The second-order valence-corrected chi connectivity index (χ2v) is 5.40. The Bertz CT molecular complexity index is 495. The van der Waals surface area contributed by atoms with Crippen molar-refractivity contribution in [2.75, 3.05) is 0 Å². The molecule has 2 aromatic rings. The normalized spacial score (nSPS) is 14.2. The molecule has 0 aromatic heterocycles. The highest BCUT2D eigenvalue weighted by Crippen LogP contribution is 2.25. The first-order valence-electron chi connectivity index (χ1n) is 6.24. The summed E-state index contributed by atoms with van der Waals surface area (Å²) in [6.07, 6.45) is 0. The smallest absolute Gasteiger partial charge is 0.0308 e. The predicted octanol–water partition coefficient (Wildman–Crippen LogP) is 4.86. The van der Waals surface area contributed by atoms with E-state index in [9.17, 15) is 0 Å². The van der Waals surface area contributed by atoms with Crippen LogP contribution in [0.25, 0.3) is 0 Å². The Morgan fingerprint density at radius 1 is 0.833 bits per heavy atom. The molecule has 2 rings (SSSR count). The molecule has 1 N–H and O–H groups in total. The van der Waals surface area contributed by atoms with Crippen LogP contribution in [0.3, 0.4) is 0 Å². The Morgan fingerprint density at radius 3 is 2.11 bits per heavy atom. The molecule has 0 radical (unpaired) electrons. The fourth-order valence-electron chi connectivity index (χ4n) is 2.13. The van der Waals surface area contributed by atoms with E-state index in [1.54, 1.807) is 0 Å². The molecule has 0 aliphatic rings. The van der Waals surface area contributed by atoms with Crippen LogP contribution in [-0.2, 0) is 0 Å². The summed E-state index contributed by atoms with van der Waals surface area (Å²) in [6.45, 7) is 4.39. The lowest BCUT2D eigenvalue weighted by Gasteiger charge is -2.21. The highest BCUT2D eigenvalue weighted by Gasteiger charge is 2.12. The van der Waals surface area contributed by atoms with Crippen LogP contribution in [-0.4, -0.2) is 0 Å². The summed E-state index contributed by atoms with van der Waals surface area (Å²) in [6, 6.07) is 19.5. The lowest BCUT2D eigenvalue weighted by atomic mass is 10.0. The third-order valence-corrected chi connectivity index (χ3v) is 3.89. The number of benzene rings is 2. The highest BCUT2D eigenvalue weighted by atomic mass is 79.9. The van der Waals surface area contributed by atoms with Crippen molar-refractivity contribution in [3.05, 3.63) is 70.2 Å². The first kappa shape index (κ1) is 13.3. The largest absolute Gasteiger partial charge is 0.304 e. The molecule has 0 aliphatic heterocycles. The summed E-state index contributed by atoms with van der Waals surface area (Å²) >= 11 is 3.60. The van der Waals surface area contributed by atoms with Gasteiger partial charge in [0.15, 0.2) is 0 Å². The average Bonchev–Trinajstić information content (AvgIpc) is 2.40. The van der Waals surface area contributed by atoms with Gasteiger partial charge in [-0.15, -0.1) is 0 Å². The van der Waals surface area contributed by atoms with Crippen molar-refractivity contribution in [1.29, 1.82) is 0 Å². The van der Waals surface area contributed by atoms with Crippen LogP contribution < -0.4 is 5.32 Å². The van der Waals surface area contributed by atoms with Gasteiger partial charge in [0.05, 0.1) is 0 Å². The minimum absolute atomic E-state index is 0.316. The molecule has 0 aliphatic carbocycles. The number of nitrogens with one attached hydrogen (secondary N) is 1. The molecule has 0 saturated carbocycles. The molecule has 0 fully saturated rings. The van der Waals surface area contributed by atoms with Crippen LogP contribution in [0, 0.1) is 0 Å². The topological polar surface area (TPSA) is 12.0 Å². The Hall–Kier alpha value is -1.12. The fourth-order valence-corrected chi connectivity index (χ4v) is 2.76. The quantitative estimate of drug-likeness (QED) is 0.850. The third-order valence-electron chi connectivity index (χ3n) is 3.17. The van der Waals surface area contributed by atoms with Crippen LogP contribution in [0.2, 0.25) is 0 Å². The second-order valence-electron chi connectivity index (χ2n) is 4.54. The van der Waals surface area contributed by atoms with Crippen LogP contribution in [0.15, 0.2) is 59.1 Å². The van der Waals surface area contributed by atoms with Crippen molar-refractivity contribution < 1.29 is 0 Å². The van der Waals surface area contributed by atoms with E-state index in [0.29, 0.717) is 12.1 Å². The van der Waals surface area contributed by atoms with Gasteiger partial charge in [-0.2, -0.15) is 0 Å². The summed E-state index contributed by atoms with van der Waals surface area (Å²) in [5.74, 6) is 0. The van der Waals surface area contributed by atoms with Gasteiger partial charge in [-0.05, 0) is 31.0 Å². The molecule has 2 atom stereocenters. The van der Waals surface area contributed by atoms with Gasteiger partial charge < -0.3 is 5.32 Å². The van der Waals surface area contributed by atoms with Crippen molar-refractivity contribution in [1.82, 2.24) is 5.32 Å². The van der Waals surface area contributed by atoms with Crippen LogP contribution in [0.4, 0.5) is 0 Å². The molecule has 2 aromatic carbocycles. The maximum atomic E-state index is 3.62. The van der Waals surface area contributed by atoms with Gasteiger partial charge in [0.1, 0.15) is 0 Å². The summed E-state index contributed by atoms with van der Waals surface area (Å²) in [5, 5.41) is 3.62. The Balaban J connectivity index is 2.08. The summed E-state index contributed by atoms with van der Waals surface area (Å²) in [5.41, 5.74) is 2.61. The van der Waals surface area contributed by atoms with E-state index < -0.39 is 0 Å². The number of hydrogen-bond donors (Lipinski definition) is 1. The molecule has 94 valence electrons. The molecule has 0 amide bonds. The van der Waals surface area contributed by atoms with Crippen molar-refractivity contribution in [2.45, 2.75) is 25.9 Å². The Labute approximate surface area is 117 Å². The number of rotatable bonds is 4. The first-order valence-corrected chi connectivity index (χ1v) is 7.03.